The summed E-state index contributed by atoms with van der Waals surface area (Å²) in [6, 6.07) is 16.3. The van der Waals surface area contributed by atoms with Gasteiger partial charge in [-0.05, 0) is 72.7 Å². The van der Waals surface area contributed by atoms with Gasteiger partial charge in [-0.25, -0.2) is 8.42 Å². The molecule has 0 amide bonds. The molecule has 162 valence electrons. The van der Waals surface area contributed by atoms with Gasteiger partial charge in [0, 0.05) is 18.0 Å². The van der Waals surface area contributed by atoms with Crippen LogP contribution in [0.1, 0.15) is 35.4 Å². The van der Waals surface area contributed by atoms with Crippen LogP contribution in [0.2, 0.25) is 0 Å². The normalized spacial score (nSPS) is 13.5. The molecule has 0 saturated carbocycles. The van der Waals surface area contributed by atoms with Crippen LogP contribution in [0.25, 0.3) is 11.4 Å². The van der Waals surface area contributed by atoms with Crippen molar-refractivity contribution >= 4 is 15.7 Å². The zero-order valence-electron chi connectivity index (χ0n) is 17.4. The van der Waals surface area contributed by atoms with Gasteiger partial charge in [0.15, 0.2) is 0 Å². The molecule has 1 aliphatic rings. The summed E-state index contributed by atoms with van der Waals surface area (Å²) in [6.07, 6.45) is 7.82. The van der Waals surface area contributed by atoms with Gasteiger partial charge < -0.3 is 4.52 Å². The van der Waals surface area contributed by atoms with Crippen LogP contribution in [0.4, 0.5) is 5.69 Å². The van der Waals surface area contributed by atoms with Crippen LogP contribution in [0.15, 0.2) is 76.4 Å². The summed E-state index contributed by atoms with van der Waals surface area (Å²) in [5.41, 5.74) is 4.42. The summed E-state index contributed by atoms with van der Waals surface area (Å²) in [5.74, 6) is 0.867. The molecule has 0 bridgehead atoms. The van der Waals surface area contributed by atoms with E-state index in [1.165, 1.54) is 5.56 Å². The van der Waals surface area contributed by atoms with Gasteiger partial charge in [-0.1, -0.05) is 29.4 Å². The number of rotatable bonds is 6. The highest BCUT2D eigenvalue weighted by atomic mass is 32.2. The fraction of sp³-hybridized carbons (Fsp3) is 0.208. The van der Waals surface area contributed by atoms with E-state index in [9.17, 15) is 8.42 Å². The molecule has 7 nitrogen and oxygen atoms in total. The van der Waals surface area contributed by atoms with E-state index in [0.717, 1.165) is 42.4 Å². The van der Waals surface area contributed by atoms with Crippen molar-refractivity contribution in [3.63, 3.8) is 0 Å². The predicted octanol–water partition coefficient (Wildman–Crippen LogP) is 4.40. The van der Waals surface area contributed by atoms with Gasteiger partial charge in [0.2, 0.25) is 11.7 Å². The van der Waals surface area contributed by atoms with Gasteiger partial charge >= 0.3 is 0 Å². The molecule has 32 heavy (non-hydrogen) atoms. The van der Waals surface area contributed by atoms with E-state index in [1.807, 2.05) is 18.2 Å². The van der Waals surface area contributed by atoms with Gasteiger partial charge in [0.05, 0.1) is 17.0 Å². The molecule has 0 atom stereocenters. The Labute approximate surface area is 186 Å². The molecule has 1 N–H and O–H groups in total. The number of nitrogens with one attached hydrogen (secondary N) is 1. The first-order chi connectivity index (χ1) is 15.6. The van der Waals surface area contributed by atoms with Gasteiger partial charge in [0.1, 0.15) is 0 Å². The Kier molecular flexibility index (Phi) is 5.45. The van der Waals surface area contributed by atoms with E-state index in [1.54, 1.807) is 48.8 Å². The van der Waals surface area contributed by atoms with E-state index in [4.69, 9.17) is 4.52 Å². The first-order valence-electron chi connectivity index (χ1n) is 10.5. The molecule has 0 aliphatic heterocycles. The van der Waals surface area contributed by atoms with E-state index in [-0.39, 0.29) is 4.90 Å². The maximum Gasteiger partial charge on any atom is 0.261 e. The number of aromatic nitrogens is 3. The first kappa shape index (κ1) is 20.4. The summed E-state index contributed by atoms with van der Waals surface area (Å²) in [6.45, 7) is 0. The lowest BCUT2D eigenvalue weighted by Gasteiger charge is -2.17. The van der Waals surface area contributed by atoms with E-state index < -0.39 is 10.0 Å². The van der Waals surface area contributed by atoms with Crippen LogP contribution in [-0.4, -0.2) is 23.5 Å². The van der Waals surface area contributed by atoms with Crippen molar-refractivity contribution in [1.82, 2.24) is 15.1 Å². The maximum absolute atomic E-state index is 13.1. The Morgan fingerprint density at radius 2 is 1.72 bits per heavy atom. The molecule has 0 spiro atoms. The molecular formula is C24H22N4O3S. The predicted molar refractivity (Wildman–Crippen MR) is 121 cm³/mol. The number of anilines is 1. The van der Waals surface area contributed by atoms with Gasteiger partial charge in [0.25, 0.3) is 10.0 Å². The molecule has 0 unspecified atom stereocenters. The Balaban J connectivity index is 1.39. The van der Waals surface area contributed by atoms with E-state index in [2.05, 4.69) is 19.8 Å². The van der Waals surface area contributed by atoms with E-state index in [0.29, 0.717) is 23.8 Å². The second-order valence-corrected chi connectivity index (χ2v) is 9.51. The highest BCUT2D eigenvalue weighted by molar-refractivity contribution is 7.92. The number of hydrogen-bond acceptors (Lipinski definition) is 6. The quantitative estimate of drug-likeness (QED) is 0.471. The number of aryl methyl sites for hydroxylation is 2. The number of nitrogens with zero attached hydrogens (tertiary/aromatic N) is 3. The van der Waals surface area contributed by atoms with Crippen LogP contribution in [-0.2, 0) is 29.3 Å². The Bertz CT molecular complexity index is 1350. The molecule has 2 heterocycles. The molecule has 0 saturated heterocycles. The Morgan fingerprint density at radius 1 is 0.938 bits per heavy atom. The standard InChI is InChI=1S/C24H22N4O3S/c29-32(30,21-10-9-17-5-1-2-6-19(17)15-21)28-22-8-4-3-7-20(22)16-23-26-24(27-31-23)18-11-13-25-14-12-18/h3-4,7-15,28H,1-2,5-6,16H2. The highest BCUT2D eigenvalue weighted by Crippen LogP contribution is 2.27. The second-order valence-electron chi connectivity index (χ2n) is 7.82. The van der Waals surface area contributed by atoms with Crippen LogP contribution in [0.3, 0.4) is 0 Å². The molecule has 8 heteroatoms. The number of benzene rings is 2. The molecule has 2 aromatic heterocycles. The second kappa shape index (κ2) is 8.55. The minimum absolute atomic E-state index is 0.283. The lowest BCUT2D eigenvalue weighted by atomic mass is 9.92. The molecular weight excluding hydrogens is 424 g/mol. The van der Waals surface area contributed by atoms with Crippen molar-refractivity contribution < 1.29 is 12.9 Å². The summed E-state index contributed by atoms with van der Waals surface area (Å²) < 4.78 is 34.4. The third-order valence-electron chi connectivity index (χ3n) is 5.64. The van der Waals surface area contributed by atoms with Crippen molar-refractivity contribution in [3.05, 3.63) is 89.6 Å². The van der Waals surface area contributed by atoms with Crippen LogP contribution in [0.5, 0.6) is 0 Å². The van der Waals surface area contributed by atoms with Gasteiger partial charge in [-0.2, -0.15) is 4.98 Å². The number of sulfonamides is 1. The average molecular weight is 447 g/mol. The van der Waals surface area contributed by atoms with Gasteiger partial charge in [-0.15, -0.1) is 0 Å². The third kappa shape index (κ3) is 4.27. The number of fused-ring (bicyclic) bond motifs is 1. The minimum Gasteiger partial charge on any atom is -0.339 e. The minimum atomic E-state index is -3.72. The lowest BCUT2D eigenvalue weighted by Crippen LogP contribution is -2.15. The third-order valence-corrected chi connectivity index (χ3v) is 7.00. The van der Waals surface area contributed by atoms with Crippen molar-refractivity contribution in [2.24, 2.45) is 0 Å². The average Bonchev–Trinajstić information content (AvgIpc) is 3.29. The van der Waals surface area contributed by atoms with Crippen LogP contribution in [0, 0.1) is 0 Å². The van der Waals surface area contributed by atoms with Crippen molar-refractivity contribution in [2.75, 3.05) is 4.72 Å². The molecule has 4 aromatic rings. The fourth-order valence-electron chi connectivity index (χ4n) is 3.96. The van der Waals surface area contributed by atoms with Crippen LogP contribution >= 0.6 is 0 Å². The molecule has 5 rings (SSSR count). The smallest absolute Gasteiger partial charge is 0.261 e. The number of para-hydroxylation sites is 1. The van der Waals surface area contributed by atoms with Crippen molar-refractivity contribution in [1.29, 1.82) is 0 Å². The maximum atomic E-state index is 13.1. The SMILES string of the molecule is O=S(=O)(Nc1ccccc1Cc1nc(-c2ccncc2)no1)c1ccc2c(c1)CCCC2. The highest BCUT2D eigenvalue weighted by Gasteiger charge is 2.20. The summed E-state index contributed by atoms with van der Waals surface area (Å²) in [7, 11) is -3.72. The topological polar surface area (TPSA) is 98.0 Å². The zero-order chi connectivity index (χ0) is 22.0. The van der Waals surface area contributed by atoms with Crippen LogP contribution < -0.4 is 4.72 Å². The molecule has 2 aromatic carbocycles. The lowest BCUT2D eigenvalue weighted by molar-refractivity contribution is 0.386. The molecule has 1 aliphatic carbocycles. The first-order valence-corrected chi connectivity index (χ1v) is 12.0. The zero-order valence-corrected chi connectivity index (χ0v) is 18.2. The molecule has 0 fully saturated rings. The monoisotopic (exact) mass is 446 g/mol. The van der Waals surface area contributed by atoms with E-state index >= 15 is 0 Å². The van der Waals surface area contributed by atoms with Crippen molar-refractivity contribution in [2.45, 2.75) is 37.0 Å². The largest absolute Gasteiger partial charge is 0.339 e. The Hall–Kier alpha value is -3.52. The summed E-state index contributed by atoms with van der Waals surface area (Å²) in [5, 5.41) is 4.02. The summed E-state index contributed by atoms with van der Waals surface area (Å²) in [4.78, 5) is 8.71. The fourth-order valence-corrected chi connectivity index (χ4v) is 5.11. The number of hydrogen-bond donors (Lipinski definition) is 1. The Morgan fingerprint density at radius 3 is 2.56 bits per heavy atom. The molecule has 0 radical (unpaired) electrons. The summed E-state index contributed by atoms with van der Waals surface area (Å²) >= 11 is 0. The number of pyridine rings is 1. The van der Waals surface area contributed by atoms with Gasteiger partial charge in [-0.3, -0.25) is 9.71 Å². The van der Waals surface area contributed by atoms with Crippen molar-refractivity contribution in [3.8, 4) is 11.4 Å².